The van der Waals surface area contributed by atoms with Gasteiger partial charge in [0.2, 0.25) is 5.91 Å². The van der Waals surface area contributed by atoms with Crippen molar-refractivity contribution in [2.75, 3.05) is 6.54 Å². The van der Waals surface area contributed by atoms with Gasteiger partial charge in [0, 0.05) is 24.7 Å². The van der Waals surface area contributed by atoms with Crippen LogP contribution in [0.5, 0.6) is 0 Å². The van der Waals surface area contributed by atoms with Gasteiger partial charge >= 0.3 is 0 Å². The van der Waals surface area contributed by atoms with Crippen molar-refractivity contribution in [3.63, 3.8) is 0 Å². The number of nitrogens with one attached hydrogen (secondary N) is 2. The first-order valence-electron chi connectivity index (χ1n) is 5.72. The fourth-order valence-corrected chi connectivity index (χ4v) is 1.47. The molecule has 0 aliphatic heterocycles. The molecule has 0 atom stereocenters. The molecule has 0 fully saturated rings. The van der Waals surface area contributed by atoms with Gasteiger partial charge in [-0.25, -0.2) is 0 Å². The smallest absolute Gasteiger partial charge is 0.269 e. The van der Waals surface area contributed by atoms with Gasteiger partial charge in [-0.1, -0.05) is 12.1 Å². The predicted octanol–water partition coefficient (Wildman–Crippen LogP) is 1.21. The van der Waals surface area contributed by atoms with Crippen LogP contribution in [0.1, 0.15) is 19.4 Å². The average Bonchev–Trinajstić information content (AvgIpc) is 2.28. The van der Waals surface area contributed by atoms with Gasteiger partial charge in [-0.2, -0.15) is 0 Å². The van der Waals surface area contributed by atoms with E-state index in [1.807, 2.05) is 13.8 Å². The highest BCUT2D eigenvalue weighted by Gasteiger charge is 2.06. The maximum Gasteiger partial charge on any atom is 0.269 e. The molecule has 0 aliphatic carbocycles. The van der Waals surface area contributed by atoms with Crippen molar-refractivity contribution >= 4 is 11.6 Å². The number of amides is 1. The predicted molar refractivity (Wildman–Crippen MR) is 68.1 cm³/mol. The van der Waals surface area contributed by atoms with Gasteiger partial charge < -0.3 is 10.6 Å². The van der Waals surface area contributed by atoms with Crippen LogP contribution in [-0.2, 0) is 11.3 Å². The number of hydrogen-bond donors (Lipinski definition) is 2. The van der Waals surface area contributed by atoms with Gasteiger partial charge in [0.1, 0.15) is 0 Å². The van der Waals surface area contributed by atoms with Gasteiger partial charge in [-0.15, -0.1) is 0 Å². The average molecular weight is 251 g/mol. The molecule has 0 saturated heterocycles. The second-order valence-corrected chi connectivity index (χ2v) is 4.25. The number of carbonyl (C=O) groups excluding carboxylic acids is 1. The maximum atomic E-state index is 11.3. The van der Waals surface area contributed by atoms with Crippen molar-refractivity contribution in [2.45, 2.75) is 26.4 Å². The van der Waals surface area contributed by atoms with Crippen molar-refractivity contribution in [2.24, 2.45) is 0 Å². The molecule has 1 aromatic carbocycles. The number of rotatable bonds is 6. The highest BCUT2D eigenvalue weighted by molar-refractivity contribution is 5.78. The lowest BCUT2D eigenvalue weighted by atomic mass is 10.2. The Morgan fingerprint density at radius 3 is 2.78 bits per heavy atom. The third-order valence-corrected chi connectivity index (χ3v) is 2.19. The van der Waals surface area contributed by atoms with Crippen molar-refractivity contribution in [1.29, 1.82) is 0 Å². The molecule has 0 heterocycles. The van der Waals surface area contributed by atoms with Gasteiger partial charge in [0.05, 0.1) is 11.5 Å². The minimum absolute atomic E-state index is 0.0564. The Labute approximate surface area is 106 Å². The SMILES string of the molecule is CC(C)NC(=O)CNCc1cccc([N+](=O)[O-])c1. The fourth-order valence-electron chi connectivity index (χ4n) is 1.47. The molecule has 1 rings (SSSR count). The number of non-ortho nitro benzene ring substituents is 1. The van der Waals surface area contributed by atoms with Gasteiger partial charge in [0.15, 0.2) is 0 Å². The highest BCUT2D eigenvalue weighted by Crippen LogP contribution is 2.12. The second-order valence-electron chi connectivity index (χ2n) is 4.25. The van der Waals surface area contributed by atoms with Gasteiger partial charge in [-0.05, 0) is 19.4 Å². The maximum absolute atomic E-state index is 11.3. The molecule has 18 heavy (non-hydrogen) atoms. The van der Waals surface area contributed by atoms with Crippen molar-refractivity contribution in [3.05, 3.63) is 39.9 Å². The van der Waals surface area contributed by atoms with Gasteiger partial charge in [-0.3, -0.25) is 14.9 Å². The molecule has 0 aliphatic rings. The molecular weight excluding hydrogens is 234 g/mol. The third-order valence-electron chi connectivity index (χ3n) is 2.19. The second kappa shape index (κ2) is 6.70. The van der Waals surface area contributed by atoms with E-state index in [0.717, 1.165) is 5.56 Å². The summed E-state index contributed by atoms with van der Waals surface area (Å²) in [4.78, 5) is 21.5. The zero-order chi connectivity index (χ0) is 13.5. The first-order valence-corrected chi connectivity index (χ1v) is 5.72. The Morgan fingerprint density at radius 2 is 2.17 bits per heavy atom. The molecule has 98 valence electrons. The molecule has 0 saturated carbocycles. The number of carbonyl (C=O) groups is 1. The molecule has 6 heteroatoms. The van der Waals surface area contributed by atoms with E-state index >= 15 is 0 Å². The van der Waals surface area contributed by atoms with E-state index in [1.165, 1.54) is 12.1 Å². The van der Waals surface area contributed by atoms with Gasteiger partial charge in [0.25, 0.3) is 5.69 Å². The molecule has 1 amide bonds. The van der Waals surface area contributed by atoms with Crippen LogP contribution in [0, 0.1) is 10.1 Å². The minimum atomic E-state index is -0.436. The van der Waals surface area contributed by atoms with E-state index in [0.29, 0.717) is 6.54 Å². The molecule has 2 N–H and O–H groups in total. The fraction of sp³-hybridized carbons (Fsp3) is 0.417. The van der Waals surface area contributed by atoms with Crippen molar-refractivity contribution in [3.8, 4) is 0 Å². The summed E-state index contributed by atoms with van der Waals surface area (Å²) in [5.41, 5.74) is 0.836. The van der Waals surface area contributed by atoms with Crippen molar-refractivity contribution < 1.29 is 9.72 Å². The molecule has 6 nitrogen and oxygen atoms in total. The highest BCUT2D eigenvalue weighted by atomic mass is 16.6. The van der Waals surface area contributed by atoms with E-state index < -0.39 is 4.92 Å². The standard InChI is InChI=1S/C12H17N3O3/c1-9(2)14-12(16)8-13-7-10-4-3-5-11(6-10)15(17)18/h3-6,9,13H,7-8H2,1-2H3,(H,14,16). The quantitative estimate of drug-likeness (QED) is 0.588. The number of hydrogen-bond acceptors (Lipinski definition) is 4. The largest absolute Gasteiger partial charge is 0.353 e. The Kier molecular flexibility index (Phi) is 5.26. The van der Waals surface area contributed by atoms with Crippen LogP contribution < -0.4 is 10.6 Å². The van der Waals surface area contributed by atoms with Crippen molar-refractivity contribution in [1.82, 2.24) is 10.6 Å². The first-order chi connectivity index (χ1) is 8.49. The summed E-state index contributed by atoms with van der Waals surface area (Å²) in [6.45, 7) is 4.39. The summed E-state index contributed by atoms with van der Waals surface area (Å²) >= 11 is 0. The lowest BCUT2D eigenvalue weighted by Crippen LogP contribution is -2.37. The van der Waals surface area contributed by atoms with Crippen LogP contribution in [0.15, 0.2) is 24.3 Å². The monoisotopic (exact) mass is 251 g/mol. The summed E-state index contributed by atoms with van der Waals surface area (Å²) in [5, 5.41) is 16.3. The molecular formula is C12H17N3O3. The molecule has 1 aromatic rings. The molecule has 0 aromatic heterocycles. The van der Waals surface area contributed by atoms with Crippen LogP contribution >= 0.6 is 0 Å². The normalized spacial score (nSPS) is 10.4. The Balaban J connectivity index is 2.42. The summed E-state index contributed by atoms with van der Waals surface area (Å²) < 4.78 is 0. The van der Waals surface area contributed by atoms with Crippen LogP contribution in [0.25, 0.3) is 0 Å². The Morgan fingerprint density at radius 1 is 1.44 bits per heavy atom. The topological polar surface area (TPSA) is 84.3 Å². The lowest BCUT2D eigenvalue weighted by Gasteiger charge is -2.09. The van der Waals surface area contributed by atoms with E-state index in [2.05, 4.69) is 10.6 Å². The number of nitro groups is 1. The first kappa shape index (κ1) is 14.1. The lowest BCUT2D eigenvalue weighted by molar-refractivity contribution is -0.384. The van der Waals surface area contributed by atoms with Crippen LogP contribution in [0.2, 0.25) is 0 Å². The Bertz CT molecular complexity index is 432. The third kappa shape index (κ3) is 4.92. The van der Waals surface area contributed by atoms with E-state index in [1.54, 1.807) is 12.1 Å². The zero-order valence-corrected chi connectivity index (χ0v) is 10.5. The number of nitro benzene ring substituents is 1. The summed E-state index contributed by atoms with van der Waals surface area (Å²) in [6.07, 6.45) is 0. The molecule has 0 spiro atoms. The summed E-state index contributed by atoms with van der Waals surface area (Å²) in [6, 6.07) is 6.45. The van der Waals surface area contributed by atoms with E-state index in [-0.39, 0.29) is 24.2 Å². The molecule has 0 bridgehead atoms. The summed E-state index contributed by atoms with van der Waals surface area (Å²) in [7, 11) is 0. The minimum Gasteiger partial charge on any atom is -0.353 e. The Hall–Kier alpha value is -1.95. The molecule has 0 radical (unpaired) electrons. The van der Waals surface area contributed by atoms with E-state index in [9.17, 15) is 14.9 Å². The summed E-state index contributed by atoms with van der Waals surface area (Å²) in [5.74, 6) is -0.0876. The molecule has 0 unspecified atom stereocenters. The number of benzene rings is 1. The van der Waals surface area contributed by atoms with Crippen LogP contribution in [-0.4, -0.2) is 23.4 Å². The zero-order valence-electron chi connectivity index (χ0n) is 10.5. The number of nitrogens with zero attached hydrogens (tertiary/aromatic N) is 1. The van der Waals surface area contributed by atoms with Crippen LogP contribution in [0.3, 0.4) is 0 Å². The van der Waals surface area contributed by atoms with Crippen LogP contribution in [0.4, 0.5) is 5.69 Å². The van der Waals surface area contributed by atoms with E-state index in [4.69, 9.17) is 0 Å².